The number of nitro benzene ring substituents is 1. The van der Waals surface area contributed by atoms with E-state index in [4.69, 9.17) is 12.2 Å². The largest absolute Gasteiger partial charge is 0.332 e. The molecule has 0 amide bonds. The Labute approximate surface area is 155 Å². The highest BCUT2D eigenvalue weighted by Gasteiger charge is 2.08. The molecule has 0 aliphatic heterocycles. The molecule has 1 aromatic heterocycles. The van der Waals surface area contributed by atoms with E-state index in [1.165, 1.54) is 17.7 Å². The Hall–Kier alpha value is -3.33. The summed E-state index contributed by atoms with van der Waals surface area (Å²) in [6.07, 6.45) is 1.61. The van der Waals surface area contributed by atoms with E-state index in [2.05, 4.69) is 26.8 Å². The first-order valence-electron chi connectivity index (χ1n) is 7.77. The number of aryl methyl sites for hydroxylation is 1. The van der Waals surface area contributed by atoms with E-state index in [1.54, 1.807) is 23.1 Å². The number of non-ortho nitro benzene ring substituents is 1. The third-order valence-electron chi connectivity index (χ3n) is 3.50. The third-order valence-corrected chi connectivity index (χ3v) is 3.71. The maximum Gasteiger partial charge on any atom is 0.271 e. The summed E-state index contributed by atoms with van der Waals surface area (Å²) in [5.41, 5.74) is 2.80. The highest BCUT2D eigenvalue weighted by molar-refractivity contribution is 7.80. The maximum absolute atomic E-state index is 10.8. The van der Waals surface area contributed by atoms with Crippen LogP contribution in [0.1, 0.15) is 11.1 Å². The number of nitro groups is 1. The molecule has 0 bridgehead atoms. The van der Waals surface area contributed by atoms with Crippen LogP contribution in [0.2, 0.25) is 0 Å². The minimum Gasteiger partial charge on any atom is -0.332 e. The quantitative estimate of drug-likeness (QED) is 0.405. The molecule has 9 heteroatoms. The van der Waals surface area contributed by atoms with Crippen LogP contribution in [0, 0.1) is 17.0 Å². The van der Waals surface area contributed by atoms with Gasteiger partial charge in [0.05, 0.1) is 11.5 Å². The Balaban J connectivity index is 1.61. The summed E-state index contributed by atoms with van der Waals surface area (Å²) in [6.45, 7) is 2.64. The van der Waals surface area contributed by atoms with Gasteiger partial charge < -0.3 is 5.32 Å². The van der Waals surface area contributed by atoms with Crippen LogP contribution < -0.4 is 10.6 Å². The van der Waals surface area contributed by atoms with E-state index in [-0.39, 0.29) is 10.8 Å². The topological polar surface area (TPSA) is 97.9 Å². The van der Waals surface area contributed by atoms with Gasteiger partial charge in [-0.25, -0.2) is 9.67 Å². The van der Waals surface area contributed by atoms with Crippen LogP contribution in [0.25, 0.3) is 0 Å². The zero-order valence-electron chi connectivity index (χ0n) is 13.9. The number of aromatic nitrogens is 3. The Morgan fingerprint density at radius 2 is 2.04 bits per heavy atom. The lowest BCUT2D eigenvalue weighted by atomic mass is 10.1. The predicted octanol–water partition coefficient (Wildman–Crippen LogP) is 3.35. The fourth-order valence-electron chi connectivity index (χ4n) is 2.39. The predicted molar refractivity (Wildman–Crippen MR) is 103 cm³/mol. The third kappa shape index (κ3) is 4.61. The second-order valence-corrected chi connectivity index (χ2v) is 6.05. The van der Waals surface area contributed by atoms with Gasteiger partial charge in [0.25, 0.3) is 5.69 Å². The summed E-state index contributed by atoms with van der Waals surface area (Å²) in [6, 6.07) is 14.2. The molecule has 2 N–H and O–H groups in total. The molecule has 3 rings (SSSR count). The first kappa shape index (κ1) is 17.5. The Bertz CT molecular complexity index is 956. The van der Waals surface area contributed by atoms with Gasteiger partial charge in [-0.3, -0.25) is 15.4 Å². The van der Waals surface area contributed by atoms with Crippen molar-refractivity contribution in [3.63, 3.8) is 0 Å². The molecule has 0 aliphatic carbocycles. The van der Waals surface area contributed by atoms with Crippen molar-refractivity contribution in [2.45, 2.75) is 13.5 Å². The van der Waals surface area contributed by atoms with Gasteiger partial charge >= 0.3 is 0 Å². The van der Waals surface area contributed by atoms with Crippen molar-refractivity contribution >= 4 is 34.7 Å². The lowest BCUT2D eigenvalue weighted by Gasteiger charge is -2.07. The van der Waals surface area contributed by atoms with Crippen molar-refractivity contribution in [3.8, 4) is 0 Å². The highest BCUT2D eigenvalue weighted by Crippen LogP contribution is 2.17. The molecule has 0 fully saturated rings. The van der Waals surface area contributed by atoms with Gasteiger partial charge in [-0.05, 0) is 30.8 Å². The van der Waals surface area contributed by atoms with Crippen LogP contribution in [0.15, 0.2) is 54.9 Å². The second kappa shape index (κ2) is 7.70. The number of thiocarbonyl (C=S) groups is 1. The smallest absolute Gasteiger partial charge is 0.271 e. The van der Waals surface area contributed by atoms with Gasteiger partial charge in [-0.1, -0.05) is 35.9 Å². The molecule has 8 nitrogen and oxygen atoms in total. The van der Waals surface area contributed by atoms with Crippen LogP contribution in [0.5, 0.6) is 0 Å². The van der Waals surface area contributed by atoms with Crippen molar-refractivity contribution in [1.82, 2.24) is 14.8 Å². The zero-order valence-corrected chi connectivity index (χ0v) is 14.7. The van der Waals surface area contributed by atoms with Crippen LogP contribution in [-0.4, -0.2) is 24.8 Å². The number of nitrogens with zero attached hydrogens (tertiary/aromatic N) is 4. The van der Waals surface area contributed by atoms with E-state index < -0.39 is 4.92 Å². The van der Waals surface area contributed by atoms with Gasteiger partial charge in [0.15, 0.2) is 5.11 Å². The van der Waals surface area contributed by atoms with Crippen LogP contribution in [-0.2, 0) is 6.54 Å². The van der Waals surface area contributed by atoms with Gasteiger partial charge in [0, 0.05) is 17.8 Å². The molecule has 0 saturated heterocycles. The van der Waals surface area contributed by atoms with Crippen LogP contribution in [0.4, 0.5) is 17.3 Å². The first-order chi connectivity index (χ1) is 12.5. The number of anilines is 2. The lowest BCUT2D eigenvalue weighted by Crippen LogP contribution is -2.20. The van der Waals surface area contributed by atoms with Gasteiger partial charge in [-0.15, -0.1) is 5.10 Å². The zero-order chi connectivity index (χ0) is 18.5. The summed E-state index contributed by atoms with van der Waals surface area (Å²) in [7, 11) is 0. The van der Waals surface area contributed by atoms with Gasteiger partial charge in [0.1, 0.15) is 6.33 Å². The van der Waals surface area contributed by atoms with Crippen LogP contribution in [0.3, 0.4) is 0 Å². The minimum absolute atomic E-state index is 0.0154. The van der Waals surface area contributed by atoms with Gasteiger partial charge in [0.2, 0.25) is 5.95 Å². The Morgan fingerprint density at radius 1 is 1.23 bits per heavy atom. The molecule has 1 heterocycles. The summed E-state index contributed by atoms with van der Waals surface area (Å²) < 4.78 is 1.70. The summed E-state index contributed by atoms with van der Waals surface area (Å²) >= 11 is 5.20. The highest BCUT2D eigenvalue weighted by atomic mass is 32.1. The van der Waals surface area contributed by atoms with Gasteiger partial charge in [-0.2, -0.15) is 0 Å². The Morgan fingerprint density at radius 3 is 2.81 bits per heavy atom. The SMILES string of the molecule is Cc1cccc(Cn2cnc(NC(=S)Nc3cccc([N+](=O)[O-])c3)n2)c1. The molecular formula is C17H16N6O2S. The van der Waals surface area contributed by atoms with E-state index >= 15 is 0 Å². The summed E-state index contributed by atoms with van der Waals surface area (Å²) in [4.78, 5) is 14.5. The molecule has 0 aliphatic rings. The number of hydrogen-bond acceptors (Lipinski definition) is 5. The normalized spacial score (nSPS) is 10.3. The molecule has 132 valence electrons. The average Bonchev–Trinajstić information content (AvgIpc) is 3.01. The van der Waals surface area contributed by atoms with E-state index in [1.807, 2.05) is 25.1 Å². The molecular weight excluding hydrogens is 352 g/mol. The average molecular weight is 368 g/mol. The Kier molecular flexibility index (Phi) is 5.18. The molecule has 26 heavy (non-hydrogen) atoms. The van der Waals surface area contributed by atoms with E-state index in [0.29, 0.717) is 18.2 Å². The second-order valence-electron chi connectivity index (χ2n) is 5.64. The monoisotopic (exact) mass is 368 g/mol. The van der Waals surface area contributed by atoms with Crippen molar-refractivity contribution in [1.29, 1.82) is 0 Å². The molecule has 0 atom stereocenters. The van der Waals surface area contributed by atoms with Crippen molar-refractivity contribution in [2.75, 3.05) is 10.6 Å². The maximum atomic E-state index is 10.8. The lowest BCUT2D eigenvalue weighted by molar-refractivity contribution is -0.384. The number of benzene rings is 2. The summed E-state index contributed by atoms with van der Waals surface area (Å²) in [5, 5.41) is 21.1. The molecule has 3 aromatic rings. The van der Waals surface area contributed by atoms with Crippen LogP contribution >= 0.6 is 12.2 Å². The standard InChI is InChI=1S/C17H16N6O2S/c1-12-4-2-5-13(8-12)10-22-11-18-16(21-22)20-17(26)19-14-6-3-7-15(9-14)23(24)25/h2-9,11H,10H2,1H3,(H2,19,20,21,26). The number of hydrogen-bond donors (Lipinski definition) is 2. The minimum atomic E-state index is -0.462. The fourth-order valence-corrected chi connectivity index (χ4v) is 2.60. The van der Waals surface area contributed by atoms with Crippen molar-refractivity contribution in [2.24, 2.45) is 0 Å². The van der Waals surface area contributed by atoms with E-state index in [0.717, 1.165) is 5.56 Å². The molecule has 0 radical (unpaired) electrons. The van der Waals surface area contributed by atoms with Crippen molar-refractivity contribution in [3.05, 3.63) is 76.1 Å². The summed E-state index contributed by atoms with van der Waals surface area (Å²) in [5.74, 6) is 0.348. The molecule has 0 saturated carbocycles. The first-order valence-corrected chi connectivity index (χ1v) is 8.18. The van der Waals surface area contributed by atoms with Crippen molar-refractivity contribution < 1.29 is 4.92 Å². The molecule has 0 unspecified atom stereocenters. The molecule has 2 aromatic carbocycles. The number of rotatable bonds is 5. The van der Waals surface area contributed by atoms with E-state index in [9.17, 15) is 10.1 Å². The molecule has 0 spiro atoms. The fraction of sp³-hybridized carbons (Fsp3) is 0.118. The number of nitrogens with one attached hydrogen (secondary N) is 2.